The number of piperidine rings is 1. The van der Waals surface area contributed by atoms with Crippen molar-refractivity contribution in [2.75, 3.05) is 24.5 Å². The summed E-state index contributed by atoms with van der Waals surface area (Å²) >= 11 is 1.62. The van der Waals surface area contributed by atoms with Gasteiger partial charge in [0, 0.05) is 36.9 Å². The van der Waals surface area contributed by atoms with Gasteiger partial charge in [-0.1, -0.05) is 49.7 Å². The van der Waals surface area contributed by atoms with E-state index in [9.17, 15) is 4.79 Å². The largest absolute Gasteiger partial charge is 0.356 e. The number of hydrogen-bond acceptors (Lipinski definition) is 5. The van der Waals surface area contributed by atoms with Crippen LogP contribution in [0.15, 0.2) is 52.6 Å². The maximum absolute atomic E-state index is 12.5. The molecule has 0 radical (unpaired) electrons. The van der Waals surface area contributed by atoms with E-state index in [2.05, 4.69) is 39.2 Å². The SMILES string of the molecule is CCCCCNC(=O)[C@H]1CCCN(c2nccnc2Sc2ccccc2)C1. The summed E-state index contributed by atoms with van der Waals surface area (Å²) in [5, 5.41) is 4.00. The predicted octanol–water partition coefficient (Wildman–Crippen LogP) is 4.15. The Morgan fingerprint density at radius 1 is 1.22 bits per heavy atom. The van der Waals surface area contributed by atoms with E-state index in [1.54, 1.807) is 24.2 Å². The van der Waals surface area contributed by atoms with Gasteiger partial charge in [-0.15, -0.1) is 0 Å². The molecule has 6 heteroatoms. The number of aromatic nitrogens is 2. The average molecular weight is 385 g/mol. The summed E-state index contributed by atoms with van der Waals surface area (Å²) in [5.74, 6) is 1.09. The Hall–Kier alpha value is -2.08. The van der Waals surface area contributed by atoms with E-state index in [1.165, 1.54) is 6.42 Å². The molecule has 1 amide bonds. The summed E-state index contributed by atoms with van der Waals surface area (Å²) in [6.07, 6.45) is 8.80. The molecule has 0 bridgehead atoms. The number of nitrogens with one attached hydrogen (secondary N) is 1. The molecular weight excluding hydrogens is 356 g/mol. The van der Waals surface area contributed by atoms with Crippen molar-refractivity contribution < 1.29 is 4.79 Å². The lowest BCUT2D eigenvalue weighted by molar-refractivity contribution is -0.125. The minimum absolute atomic E-state index is 0.0250. The van der Waals surface area contributed by atoms with Gasteiger partial charge >= 0.3 is 0 Å². The van der Waals surface area contributed by atoms with Gasteiger partial charge in [0.2, 0.25) is 5.91 Å². The van der Waals surface area contributed by atoms with Gasteiger partial charge in [0.25, 0.3) is 0 Å². The van der Waals surface area contributed by atoms with Gasteiger partial charge in [0.05, 0.1) is 5.92 Å². The molecule has 1 saturated heterocycles. The fourth-order valence-corrected chi connectivity index (χ4v) is 4.22. The van der Waals surface area contributed by atoms with Crippen molar-refractivity contribution in [2.24, 2.45) is 5.92 Å². The van der Waals surface area contributed by atoms with Crippen LogP contribution in [0.4, 0.5) is 5.82 Å². The first-order chi connectivity index (χ1) is 13.3. The number of rotatable bonds is 8. The van der Waals surface area contributed by atoms with Crippen LogP contribution >= 0.6 is 11.8 Å². The maximum atomic E-state index is 12.5. The van der Waals surface area contributed by atoms with Gasteiger partial charge in [0.15, 0.2) is 5.82 Å². The Morgan fingerprint density at radius 2 is 2.04 bits per heavy atom. The smallest absolute Gasteiger partial charge is 0.224 e. The number of anilines is 1. The molecule has 0 saturated carbocycles. The molecule has 1 aliphatic heterocycles. The molecule has 0 aliphatic carbocycles. The lowest BCUT2D eigenvalue weighted by atomic mass is 9.97. The van der Waals surface area contributed by atoms with Crippen LogP contribution in [0.25, 0.3) is 0 Å². The van der Waals surface area contributed by atoms with Crippen LogP contribution in [0, 0.1) is 5.92 Å². The summed E-state index contributed by atoms with van der Waals surface area (Å²) in [5.41, 5.74) is 0. The maximum Gasteiger partial charge on any atom is 0.224 e. The summed E-state index contributed by atoms with van der Waals surface area (Å²) in [4.78, 5) is 25.0. The monoisotopic (exact) mass is 384 g/mol. The van der Waals surface area contributed by atoms with Crippen molar-refractivity contribution in [3.8, 4) is 0 Å². The Labute approximate surface area is 166 Å². The third-order valence-electron chi connectivity index (χ3n) is 4.78. The second-order valence-corrected chi connectivity index (χ2v) is 7.95. The van der Waals surface area contributed by atoms with Crippen molar-refractivity contribution in [1.82, 2.24) is 15.3 Å². The first-order valence-electron chi connectivity index (χ1n) is 9.84. The number of carbonyl (C=O) groups excluding carboxylic acids is 1. The van der Waals surface area contributed by atoms with Gasteiger partial charge in [-0.3, -0.25) is 4.79 Å². The van der Waals surface area contributed by atoms with Crippen LogP contribution < -0.4 is 10.2 Å². The number of carbonyl (C=O) groups is 1. The molecule has 2 aromatic rings. The number of nitrogens with zero attached hydrogens (tertiary/aromatic N) is 3. The first-order valence-corrected chi connectivity index (χ1v) is 10.7. The molecule has 1 aromatic carbocycles. The van der Waals surface area contributed by atoms with Crippen LogP contribution in [-0.4, -0.2) is 35.5 Å². The molecule has 2 heterocycles. The normalized spacial score (nSPS) is 16.9. The number of unbranched alkanes of at least 4 members (excludes halogenated alkanes) is 2. The van der Waals surface area contributed by atoms with Crippen molar-refractivity contribution in [2.45, 2.75) is 48.9 Å². The zero-order valence-corrected chi connectivity index (χ0v) is 16.8. The molecule has 5 nitrogen and oxygen atoms in total. The van der Waals surface area contributed by atoms with E-state index in [0.29, 0.717) is 6.54 Å². The van der Waals surface area contributed by atoms with E-state index in [0.717, 1.165) is 54.5 Å². The summed E-state index contributed by atoms with van der Waals surface area (Å²) in [6, 6.07) is 10.2. The zero-order valence-electron chi connectivity index (χ0n) is 15.9. The molecule has 27 heavy (non-hydrogen) atoms. The highest BCUT2D eigenvalue weighted by atomic mass is 32.2. The highest BCUT2D eigenvalue weighted by Gasteiger charge is 2.27. The summed E-state index contributed by atoms with van der Waals surface area (Å²) in [7, 11) is 0. The molecule has 1 N–H and O–H groups in total. The van der Waals surface area contributed by atoms with E-state index < -0.39 is 0 Å². The third kappa shape index (κ3) is 5.70. The fraction of sp³-hybridized carbons (Fsp3) is 0.476. The van der Waals surface area contributed by atoms with Crippen LogP contribution in [0.3, 0.4) is 0 Å². The van der Waals surface area contributed by atoms with Gasteiger partial charge in [-0.2, -0.15) is 0 Å². The standard InChI is InChI=1S/C21H28N4OS/c1-2-3-7-12-23-20(26)17-9-8-15-25(16-17)19-21(24-14-13-22-19)27-18-10-5-4-6-11-18/h4-6,10-11,13-14,17H,2-3,7-9,12,15-16H2,1H3,(H,23,26)/t17-/m0/s1. The molecule has 0 spiro atoms. The van der Waals surface area contributed by atoms with E-state index >= 15 is 0 Å². The fourth-order valence-electron chi connectivity index (χ4n) is 3.32. The topological polar surface area (TPSA) is 58.1 Å². The van der Waals surface area contributed by atoms with Crippen LogP contribution in [0.2, 0.25) is 0 Å². The molecule has 144 valence electrons. The van der Waals surface area contributed by atoms with Crippen molar-refractivity contribution in [3.05, 3.63) is 42.7 Å². The Morgan fingerprint density at radius 3 is 2.85 bits per heavy atom. The first kappa shape index (κ1) is 19.7. The lowest BCUT2D eigenvalue weighted by Gasteiger charge is -2.33. The van der Waals surface area contributed by atoms with Crippen molar-refractivity contribution >= 4 is 23.5 Å². The van der Waals surface area contributed by atoms with Crippen LogP contribution in [-0.2, 0) is 4.79 Å². The summed E-state index contributed by atoms with van der Waals surface area (Å²) in [6.45, 7) is 4.58. The Balaban J connectivity index is 1.65. The van der Waals surface area contributed by atoms with Crippen molar-refractivity contribution in [3.63, 3.8) is 0 Å². The second-order valence-electron chi connectivity index (χ2n) is 6.88. The van der Waals surface area contributed by atoms with E-state index in [1.807, 2.05) is 18.2 Å². The molecule has 1 aromatic heterocycles. The van der Waals surface area contributed by atoms with Crippen LogP contribution in [0.5, 0.6) is 0 Å². The van der Waals surface area contributed by atoms with Crippen molar-refractivity contribution in [1.29, 1.82) is 0 Å². The quantitative estimate of drug-likeness (QED) is 0.693. The number of benzene rings is 1. The highest BCUT2D eigenvalue weighted by Crippen LogP contribution is 2.33. The lowest BCUT2D eigenvalue weighted by Crippen LogP contribution is -2.43. The Bertz CT molecular complexity index is 725. The number of hydrogen-bond donors (Lipinski definition) is 1. The molecule has 0 unspecified atom stereocenters. The minimum atomic E-state index is 0.0250. The summed E-state index contributed by atoms with van der Waals surface area (Å²) < 4.78 is 0. The van der Waals surface area contributed by atoms with Gasteiger partial charge in [-0.25, -0.2) is 9.97 Å². The molecule has 3 rings (SSSR count). The molecule has 1 fully saturated rings. The van der Waals surface area contributed by atoms with E-state index in [4.69, 9.17) is 0 Å². The van der Waals surface area contributed by atoms with Gasteiger partial charge < -0.3 is 10.2 Å². The molecule has 1 atom stereocenters. The third-order valence-corrected chi connectivity index (χ3v) is 5.76. The molecular formula is C21H28N4OS. The predicted molar refractivity (Wildman–Crippen MR) is 110 cm³/mol. The van der Waals surface area contributed by atoms with Crippen LogP contribution in [0.1, 0.15) is 39.0 Å². The highest BCUT2D eigenvalue weighted by molar-refractivity contribution is 7.99. The number of amides is 1. The second kappa shape index (κ2) is 10.3. The Kier molecular flexibility index (Phi) is 7.51. The minimum Gasteiger partial charge on any atom is -0.356 e. The van der Waals surface area contributed by atoms with Gasteiger partial charge in [-0.05, 0) is 31.4 Å². The molecule has 1 aliphatic rings. The van der Waals surface area contributed by atoms with Gasteiger partial charge in [0.1, 0.15) is 5.03 Å². The average Bonchev–Trinajstić information content (AvgIpc) is 2.72. The zero-order chi connectivity index (χ0) is 18.9. The van der Waals surface area contributed by atoms with E-state index in [-0.39, 0.29) is 11.8 Å².